The Morgan fingerprint density at radius 1 is 1.59 bits per heavy atom. The molecule has 5 heteroatoms. The van der Waals surface area contributed by atoms with Crippen LogP contribution in [-0.4, -0.2) is 37.7 Å². The molecule has 1 atom stereocenters. The second-order valence-corrected chi connectivity index (χ2v) is 4.26. The summed E-state index contributed by atoms with van der Waals surface area (Å²) in [6, 6.07) is 3.65. The number of pyridine rings is 1. The third-order valence-electron chi connectivity index (χ3n) is 2.69. The van der Waals surface area contributed by atoms with Crippen LogP contribution in [0.5, 0.6) is 0 Å². The molecular formula is C12H17N3O2. The van der Waals surface area contributed by atoms with E-state index in [0.29, 0.717) is 6.61 Å². The lowest BCUT2D eigenvalue weighted by atomic mass is 10.2. The van der Waals surface area contributed by atoms with Gasteiger partial charge in [-0.2, -0.15) is 0 Å². The van der Waals surface area contributed by atoms with E-state index in [1.807, 2.05) is 25.1 Å². The Morgan fingerprint density at radius 3 is 3.06 bits per heavy atom. The fourth-order valence-corrected chi connectivity index (χ4v) is 1.85. The van der Waals surface area contributed by atoms with E-state index in [-0.39, 0.29) is 12.0 Å². The highest BCUT2D eigenvalue weighted by atomic mass is 16.5. The smallest absolute Gasteiger partial charge is 0.253 e. The van der Waals surface area contributed by atoms with Crippen LogP contribution in [0.25, 0.3) is 0 Å². The first-order chi connectivity index (χ1) is 8.18. The summed E-state index contributed by atoms with van der Waals surface area (Å²) in [7, 11) is 3.79. The standard InChI is InChI=1S/C12H17N3O2/c1-15(2)11-9(5-3-7-13-11)14-12(16)10-6-4-8-17-10/h3,5,7,10H,4,6,8H2,1-2H3,(H,14,16). The topological polar surface area (TPSA) is 54.5 Å². The Balaban J connectivity index is 2.09. The van der Waals surface area contributed by atoms with Crippen molar-refractivity contribution in [2.45, 2.75) is 18.9 Å². The summed E-state index contributed by atoms with van der Waals surface area (Å²) in [5, 5.41) is 2.87. The molecule has 92 valence electrons. The van der Waals surface area contributed by atoms with Gasteiger partial charge in [-0.3, -0.25) is 4.79 Å². The van der Waals surface area contributed by atoms with Crippen molar-refractivity contribution in [1.29, 1.82) is 0 Å². The predicted octanol–water partition coefficient (Wildman–Crippen LogP) is 1.27. The molecular weight excluding hydrogens is 218 g/mol. The normalized spacial score (nSPS) is 19.1. The molecule has 0 bridgehead atoms. The first-order valence-corrected chi connectivity index (χ1v) is 5.73. The number of rotatable bonds is 3. The minimum atomic E-state index is -0.315. The van der Waals surface area contributed by atoms with Gasteiger partial charge in [-0.25, -0.2) is 4.98 Å². The maximum atomic E-state index is 11.9. The molecule has 2 heterocycles. The van der Waals surface area contributed by atoms with Crippen molar-refractivity contribution in [1.82, 2.24) is 4.98 Å². The van der Waals surface area contributed by atoms with Gasteiger partial charge in [0.25, 0.3) is 5.91 Å². The van der Waals surface area contributed by atoms with Gasteiger partial charge >= 0.3 is 0 Å². The van der Waals surface area contributed by atoms with Gasteiger partial charge in [-0.1, -0.05) is 0 Å². The van der Waals surface area contributed by atoms with Crippen molar-refractivity contribution in [3.8, 4) is 0 Å². The molecule has 0 radical (unpaired) electrons. The van der Waals surface area contributed by atoms with Crippen molar-refractivity contribution in [3.63, 3.8) is 0 Å². The maximum Gasteiger partial charge on any atom is 0.253 e. The summed E-state index contributed by atoms with van der Waals surface area (Å²) in [5.41, 5.74) is 0.720. The Hall–Kier alpha value is -1.62. The second-order valence-electron chi connectivity index (χ2n) is 4.26. The lowest BCUT2D eigenvalue weighted by molar-refractivity contribution is -0.124. The molecule has 5 nitrogen and oxygen atoms in total. The zero-order valence-electron chi connectivity index (χ0n) is 10.1. The van der Waals surface area contributed by atoms with Crippen LogP contribution in [0, 0.1) is 0 Å². The molecule has 1 aromatic heterocycles. The fraction of sp³-hybridized carbons (Fsp3) is 0.500. The van der Waals surface area contributed by atoms with E-state index in [1.165, 1.54) is 0 Å². The summed E-state index contributed by atoms with van der Waals surface area (Å²) >= 11 is 0. The van der Waals surface area contributed by atoms with Crippen LogP contribution in [0.15, 0.2) is 18.3 Å². The van der Waals surface area contributed by atoms with Crippen LogP contribution in [-0.2, 0) is 9.53 Å². The summed E-state index contributed by atoms with van der Waals surface area (Å²) in [6.07, 6.45) is 3.14. The number of amides is 1. The van der Waals surface area contributed by atoms with Crippen LogP contribution in [0.1, 0.15) is 12.8 Å². The molecule has 1 unspecified atom stereocenters. The Morgan fingerprint density at radius 2 is 2.41 bits per heavy atom. The molecule has 17 heavy (non-hydrogen) atoms. The van der Waals surface area contributed by atoms with Crippen LogP contribution in [0.3, 0.4) is 0 Å². The van der Waals surface area contributed by atoms with E-state index in [9.17, 15) is 4.79 Å². The molecule has 1 amide bonds. The van der Waals surface area contributed by atoms with Crippen molar-refractivity contribution in [3.05, 3.63) is 18.3 Å². The average Bonchev–Trinajstić information content (AvgIpc) is 2.83. The lowest BCUT2D eigenvalue weighted by Crippen LogP contribution is -2.28. The zero-order valence-corrected chi connectivity index (χ0v) is 10.1. The minimum Gasteiger partial charge on any atom is -0.368 e. The van der Waals surface area contributed by atoms with E-state index in [4.69, 9.17) is 4.74 Å². The average molecular weight is 235 g/mol. The molecule has 1 saturated heterocycles. The van der Waals surface area contributed by atoms with Crippen LogP contribution in [0.2, 0.25) is 0 Å². The van der Waals surface area contributed by atoms with Crippen molar-refractivity contribution in [2.24, 2.45) is 0 Å². The fourth-order valence-electron chi connectivity index (χ4n) is 1.85. The van der Waals surface area contributed by atoms with E-state index in [0.717, 1.165) is 24.3 Å². The molecule has 1 aliphatic heterocycles. The van der Waals surface area contributed by atoms with Gasteiger partial charge in [-0.15, -0.1) is 0 Å². The van der Waals surface area contributed by atoms with Gasteiger partial charge in [0.2, 0.25) is 0 Å². The number of hydrogen-bond acceptors (Lipinski definition) is 4. The molecule has 1 N–H and O–H groups in total. The quantitative estimate of drug-likeness (QED) is 0.857. The number of carbonyl (C=O) groups is 1. The van der Waals surface area contributed by atoms with E-state index >= 15 is 0 Å². The number of nitrogens with zero attached hydrogens (tertiary/aromatic N) is 2. The van der Waals surface area contributed by atoms with Crippen molar-refractivity contribution >= 4 is 17.4 Å². The third-order valence-corrected chi connectivity index (χ3v) is 2.69. The van der Waals surface area contributed by atoms with Crippen molar-refractivity contribution < 1.29 is 9.53 Å². The number of carbonyl (C=O) groups excluding carboxylic acids is 1. The molecule has 0 spiro atoms. The van der Waals surface area contributed by atoms with Gasteiger partial charge in [0, 0.05) is 26.9 Å². The van der Waals surface area contributed by atoms with Crippen LogP contribution >= 0.6 is 0 Å². The van der Waals surface area contributed by atoms with Gasteiger partial charge in [-0.05, 0) is 25.0 Å². The number of ether oxygens (including phenoxy) is 1. The number of anilines is 2. The number of aromatic nitrogens is 1. The van der Waals surface area contributed by atoms with E-state index < -0.39 is 0 Å². The molecule has 0 aliphatic carbocycles. The molecule has 1 aliphatic rings. The van der Waals surface area contributed by atoms with Crippen LogP contribution < -0.4 is 10.2 Å². The number of nitrogens with one attached hydrogen (secondary N) is 1. The van der Waals surface area contributed by atoms with Gasteiger partial charge < -0.3 is 15.0 Å². The highest BCUT2D eigenvalue weighted by molar-refractivity contribution is 5.96. The Bertz CT molecular complexity index is 400. The maximum absolute atomic E-state index is 11.9. The van der Waals surface area contributed by atoms with Crippen molar-refractivity contribution in [2.75, 3.05) is 30.9 Å². The number of hydrogen-bond donors (Lipinski definition) is 1. The lowest BCUT2D eigenvalue weighted by Gasteiger charge is -2.17. The highest BCUT2D eigenvalue weighted by Gasteiger charge is 2.24. The highest BCUT2D eigenvalue weighted by Crippen LogP contribution is 2.22. The molecule has 0 saturated carbocycles. The minimum absolute atomic E-state index is 0.0846. The predicted molar refractivity (Wildman–Crippen MR) is 66.2 cm³/mol. The van der Waals surface area contributed by atoms with Gasteiger partial charge in [0.1, 0.15) is 6.10 Å². The summed E-state index contributed by atoms with van der Waals surface area (Å²) in [5.74, 6) is 0.664. The van der Waals surface area contributed by atoms with Crippen LogP contribution in [0.4, 0.5) is 11.5 Å². The van der Waals surface area contributed by atoms with E-state index in [2.05, 4.69) is 10.3 Å². The van der Waals surface area contributed by atoms with Gasteiger partial charge in [0.15, 0.2) is 5.82 Å². The zero-order chi connectivity index (χ0) is 12.3. The summed E-state index contributed by atoms with van der Waals surface area (Å²) in [6.45, 7) is 0.672. The Labute approximate surface area is 101 Å². The molecule has 2 rings (SSSR count). The molecule has 1 aromatic rings. The summed E-state index contributed by atoms with van der Waals surface area (Å²) in [4.78, 5) is 18.0. The summed E-state index contributed by atoms with van der Waals surface area (Å²) < 4.78 is 5.34. The molecule has 0 aromatic carbocycles. The first-order valence-electron chi connectivity index (χ1n) is 5.73. The largest absolute Gasteiger partial charge is 0.368 e. The monoisotopic (exact) mass is 235 g/mol. The second kappa shape index (κ2) is 5.14. The van der Waals surface area contributed by atoms with Gasteiger partial charge in [0.05, 0.1) is 5.69 Å². The first kappa shape index (κ1) is 11.9. The Kier molecular flexibility index (Phi) is 3.58. The SMILES string of the molecule is CN(C)c1ncccc1NC(=O)C1CCCO1. The van der Waals surface area contributed by atoms with E-state index in [1.54, 1.807) is 12.3 Å². The molecule has 1 fully saturated rings. The third kappa shape index (κ3) is 2.74.